The molecule has 19 rings (SSSR count). The molecule has 2 aromatic heterocycles. The highest BCUT2D eigenvalue weighted by atomic mass is 79.9. The van der Waals surface area contributed by atoms with Gasteiger partial charge in [-0.25, -0.2) is 9.97 Å². The minimum Gasteiger partial charge on any atom is -0.508 e. The molecule has 1 saturated heterocycles. The lowest BCUT2D eigenvalue weighted by Crippen LogP contribution is -2.41. The first-order valence-corrected chi connectivity index (χ1v) is 35.2. The molecule has 0 atom stereocenters. The molecule has 1 aliphatic heterocycles. The Morgan fingerprint density at radius 3 is 1.09 bits per heavy atom. The molecule has 2 N–H and O–H groups in total. The Kier molecular flexibility index (Phi) is 16.2. The number of rotatable bonds is 8. The molecule has 0 saturated carbocycles. The van der Waals surface area contributed by atoms with E-state index in [1.54, 1.807) is 18.2 Å². The number of benzene rings is 16. The summed E-state index contributed by atoms with van der Waals surface area (Å²) in [6.07, 6.45) is 0. The first kappa shape index (κ1) is 63.5. The Hall–Kier alpha value is -11.9. The maximum Gasteiger partial charge on any atom is 0.494 e. The summed E-state index contributed by atoms with van der Waals surface area (Å²) in [6, 6.07) is 113. The van der Waals surface area contributed by atoms with Crippen molar-refractivity contribution in [1.29, 1.82) is 0 Å². The van der Waals surface area contributed by atoms with E-state index in [9.17, 15) is 10.2 Å². The quantitative estimate of drug-likeness (QED) is 0.116. The monoisotopic (exact) mass is 1380 g/mol. The SMILES string of the molecule is Brc1c2ccccc2c(-c2cccc(-c3nc4ccccc4n3-c3ccccc3)c2)c2ccccc12.CC1(C)OB(c2ccc3cc(O)ccc3c2)OC1(C)C.Oc1ccc2cc(-c3c4ccccc4c(-c4cccc(-c5nc6ccccc6n5-c5ccccc5)c4)c4ccccc34)ccc2c1. The van der Waals surface area contributed by atoms with Crippen LogP contribution in [0.5, 0.6) is 11.5 Å². The van der Waals surface area contributed by atoms with Gasteiger partial charge >= 0.3 is 7.12 Å². The first-order valence-electron chi connectivity index (χ1n) is 34.4. The molecule has 10 heteroatoms. The van der Waals surface area contributed by atoms with Gasteiger partial charge in [0, 0.05) is 27.0 Å². The van der Waals surface area contributed by atoms with Gasteiger partial charge in [0.2, 0.25) is 0 Å². The second-order valence-electron chi connectivity index (χ2n) is 27.1. The molecule has 0 aliphatic carbocycles. The van der Waals surface area contributed by atoms with Crippen LogP contribution < -0.4 is 5.46 Å². The van der Waals surface area contributed by atoms with Crippen molar-refractivity contribution in [2.45, 2.75) is 38.9 Å². The number of halogens is 1. The molecule has 8 nitrogen and oxygen atoms in total. The van der Waals surface area contributed by atoms with Crippen molar-refractivity contribution >= 4 is 115 Å². The zero-order valence-electron chi connectivity index (χ0n) is 56.6. The first-order chi connectivity index (χ1) is 49.8. The number of fused-ring (bicyclic) bond motifs is 8. The van der Waals surface area contributed by atoms with Crippen molar-refractivity contribution in [2.24, 2.45) is 0 Å². The largest absolute Gasteiger partial charge is 0.508 e. The summed E-state index contributed by atoms with van der Waals surface area (Å²) < 4.78 is 17.8. The Balaban J connectivity index is 0.000000123. The van der Waals surface area contributed by atoms with E-state index < -0.39 is 0 Å². The Labute approximate surface area is 599 Å². The molecule has 1 fully saturated rings. The molecule has 3 heterocycles. The molecule has 16 aromatic carbocycles. The highest BCUT2D eigenvalue weighted by Gasteiger charge is 2.51. The Morgan fingerprint density at radius 1 is 0.314 bits per heavy atom. The van der Waals surface area contributed by atoms with Crippen LogP contribution in [0.3, 0.4) is 0 Å². The lowest BCUT2D eigenvalue weighted by molar-refractivity contribution is 0.00578. The number of hydrogen-bond donors (Lipinski definition) is 2. The zero-order valence-corrected chi connectivity index (χ0v) is 58.2. The molecular weight excluding hydrogens is 1320 g/mol. The fraction of sp³-hybridized carbons (Fsp3) is 0.0652. The van der Waals surface area contributed by atoms with Gasteiger partial charge in [0.15, 0.2) is 0 Å². The summed E-state index contributed by atoms with van der Waals surface area (Å²) in [7, 11) is -0.349. The lowest BCUT2D eigenvalue weighted by Gasteiger charge is -2.32. The second kappa shape index (κ2) is 26.0. The number of imidazole rings is 2. The van der Waals surface area contributed by atoms with Crippen molar-refractivity contribution in [2.75, 3.05) is 0 Å². The molecule has 0 unspecified atom stereocenters. The van der Waals surface area contributed by atoms with Gasteiger partial charge < -0.3 is 19.5 Å². The van der Waals surface area contributed by atoms with Crippen LogP contribution in [-0.4, -0.2) is 47.6 Å². The van der Waals surface area contributed by atoms with Gasteiger partial charge in [-0.3, -0.25) is 9.13 Å². The van der Waals surface area contributed by atoms with Gasteiger partial charge in [0.1, 0.15) is 23.1 Å². The van der Waals surface area contributed by atoms with E-state index >= 15 is 0 Å². The number of phenols is 2. The van der Waals surface area contributed by atoms with E-state index in [-0.39, 0.29) is 29.8 Å². The average Bonchev–Trinajstić information content (AvgIpc) is 1.07. The summed E-state index contributed by atoms with van der Waals surface area (Å²) >= 11 is 3.88. The van der Waals surface area contributed by atoms with E-state index in [2.05, 4.69) is 280 Å². The number of hydrogen-bond acceptors (Lipinski definition) is 6. The Bertz CT molecular complexity index is 6160. The standard InChI is InChI=1S/C43H28N2O.C33H21BrN2.C16H19BO3/c46-34-24-23-28-25-31(22-21-29(28)27-34)42-37-17-6-4-15-35(37)41(36-16-5-7-18-38(36)42)30-11-10-12-32(26-30)43-44-39-19-8-9-20-40(39)45(43)33-13-2-1-3-14-33;34-32-27-17-6-4-15-25(27)31(26-16-5-7-18-28(26)32)22-11-10-12-23(21-22)33-35-29-19-8-9-20-30(29)36(33)24-13-2-1-3-14-24;1-15(2)16(3,4)20-17(19-15)13-7-5-12-10-14(18)8-6-11(12)9-13/h1-27,46H;1-21H;5-10,18H,1-4H3. The molecule has 0 radical (unpaired) electrons. The number of aromatic nitrogens is 4. The number of nitrogens with zero attached hydrogens (tertiary/aromatic N) is 4. The number of aromatic hydroxyl groups is 2. The average molecular weight is 1380 g/mol. The molecule has 1 aliphatic rings. The van der Waals surface area contributed by atoms with E-state index in [1.165, 1.54) is 65.3 Å². The highest BCUT2D eigenvalue weighted by molar-refractivity contribution is 9.10. The summed E-state index contributed by atoms with van der Waals surface area (Å²) in [5.74, 6) is 2.42. The third-order valence-electron chi connectivity index (χ3n) is 20.3. The van der Waals surface area contributed by atoms with Crippen LogP contribution in [0.4, 0.5) is 0 Å². The van der Waals surface area contributed by atoms with E-state index in [4.69, 9.17) is 19.3 Å². The summed E-state index contributed by atoms with van der Waals surface area (Å²) in [4.78, 5) is 10.2. The topological polar surface area (TPSA) is 94.6 Å². The van der Waals surface area contributed by atoms with Crippen LogP contribution in [-0.2, 0) is 9.31 Å². The van der Waals surface area contributed by atoms with Gasteiger partial charge in [-0.05, 0) is 238 Å². The van der Waals surface area contributed by atoms with Gasteiger partial charge in [-0.15, -0.1) is 0 Å². The van der Waals surface area contributed by atoms with Crippen molar-refractivity contribution in [1.82, 2.24) is 19.1 Å². The predicted molar refractivity (Wildman–Crippen MR) is 428 cm³/mol. The van der Waals surface area contributed by atoms with Crippen LogP contribution in [0, 0.1) is 0 Å². The third kappa shape index (κ3) is 11.5. The van der Waals surface area contributed by atoms with Gasteiger partial charge in [0.25, 0.3) is 0 Å². The maximum absolute atomic E-state index is 10.0. The van der Waals surface area contributed by atoms with E-state index in [1.807, 2.05) is 82.3 Å². The molecule has 490 valence electrons. The number of phenolic OH excluding ortho intramolecular Hbond substituents is 2. The van der Waals surface area contributed by atoms with Crippen molar-refractivity contribution in [3.63, 3.8) is 0 Å². The molecule has 18 aromatic rings. The third-order valence-corrected chi connectivity index (χ3v) is 21.1. The molecule has 0 bridgehead atoms. The second-order valence-corrected chi connectivity index (χ2v) is 27.9. The van der Waals surface area contributed by atoms with Crippen molar-refractivity contribution < 1.29 is 19.5 Å². The van der Waals surface area contributed by atoms with Gasteiger partial charge in [0.05, 0.1) is 33.3 Å². The molecule has 0 spiro atoms. The van der Waals surface area contributed by atoms with E-state index in [0.717, 1.165) is 98.8 Å². The Morgan fingerprint density at radius 2 is 0.647 bits per heavy atom. The van der Waals surface area contributed by atoms with Crippen molar-refractivity contribution in [3.8, 4) is 79.0 Å². The molecule has 0 amide bonds. The van der Waals surface area contributed by atoms with Gasteiger partial charge in [-0.2, -0.15) is 0 Å². The van der Waals surface area contributed by atoms with Crippen LogP contribution in [0.15, 0.2) is 332 Å². The molecular formula is C92H68BBrN4O4. The summed E-state index contributed by atoms with van der Waals surface area (Å²) in [5.41, 5.74) is 16.0. The minimum atomic E-state index is -0.349. The van der Waals surface area contributed by atoms with E-state index in [0.29, 0.717) is 0 Å². The summed E-state index contributed by atoms with van der Waals surface area (Å²) in [6.45, 7) is 8.19. The maximum atomic E-state index is 10.0. The molecule has 102 heavy (non-hydrogen) atoms. The van der Waals surface area contributed by atoms with Crippen LogP contribution in [0.25, 0.3) is 154 Å². The zero-order chi connectivity index (χ0) is 69.2. The highest BCUT2D eigenvalue weighted by Crippen LogP contribution is 2.47. The van der Waals surface area contributed by atoms with Gasteiger partial charge in [-0.1, -0.05) is 237 Å². The lowest BCUT2D eigenvalue weighted by atomic mass is 9.78. The van der Waals surface area contributed by atoms with Crippen molar-refractivity contribution in [3.05, 3.63) is 332 Å². The summed E-state index contributed by atoms with van der Waals surface area (Å²) in [5, 5.41) is 33.4. The fourth-order valence-corrected chi connectivity index (χ4v) is 15.3. The normalized spacial score (nSPS) is 13.3. The number of para-hydroxylation sites is 6. The van der Waals surface area contributed by atoms with Crippen LogP contribution >= 0.6 is 15.9 Å². The van der Waals surface area contributed by atoms with Crippen LogP contribution in [0.2, 0.25) is 0 Å². The predicted octanol–water partition coefficient (Wildman–Crippen LogP) is 23.5. The fourth-order valence-electron chi connectivity index (χ4n) is 14.6. The minimum absolute atomic E-state index is 0.279. The van der Waals surface area contributed by atoms with Crippen LogP contribution in [0.1, 0.15) is 27.7 Å². The smallest absolute Gasteiger partial charge is 0.494 e.